The van der Waals surface area contributed by atoms with Gasteiger partial charge in [0.1, 0.15) is 0 Å². The van der Waals surface area contributed by atoms with E-state index in [1.165, 1.54) is 6.92 Å². The topological polar surface area (TPSA) is 75.4 Å². The molecule has 0 aromatic heterocycles. The van der Waals surface area contributed by atoms with E-state index in [4.69, 9.17) is 5.73 Å². The van der Waals surface area contributed by atoms with E-state index in [-0.39, 0.29) is 42.7 Å². The highest BCUT2D eigenvalue weighted by atomic mass is 79.9. The van der Waals surface area contributed by atoms with Crippen molar-refractivity contribution in [3.8, 4) is 0 Å². The number of carbonyl (C=O) groups is 2. The Morgan fingerprint density at radius 3 is 2.58 bits per heavy atom. The number of nitrogens with zero attached hydrogens (tertiary/aromatic N) is 1. The quantitative estimate of drug-likeness (QED) is 0.772. The minimum atomic E-state index is -0.312. The molecule has 5 nitrogen and oxygen atoms in total. The molecule has 0 bridgehead atoms. The number of hydrogen-bond acceptors (Lipinski definition) is 3. The molecule has 134 valence electrons. The SMILES string of the molecule is CC(=O)NC(CC(=O)N1CCCCC1CN)c1ccc(Br)cc1.Cl. The first-order valence-electron chi connectivity index (χ1n) is 8.03. The fourth-order valence-electron chi connectivity index (χ4n) is 3.06. The first kappa shape index (κ1) is 20.9. The van der Waals surface area contributed by atoms with E-state index in [0.29, 0.717) is 6.54 Å². The van der Waals surface area contributed by atoms with Crippen LogP contribution in [0.2, 0.25) is 0 Å². The fraction of sp³-hybridized carbons (Fsp3) is 0.529. The van der Waals surface area contributed by atoms with Gasteiger partial charge in [-0.25, -0.2) is 0 Å². The monoisotopic (exact) mass is 417 g/mol. The van der Waals surface area contributed by atoms with Gasteiger partial charge in [0, 0.05) is 30.5 Å². The smallest absolute Gasteiger partial charge is 0.225 e. The zero-order valence-corrected chi connectivity index (χ0v) is 16.2. The third-order valence-electron chi connectivity index (χ3n) is 4.25. The lowest BCUT2D eigenvalue weighted by atomic mass is 9.98. The Kier molecular flexibility index (Phi) is 8.73. The van der Waals surface area contributed by atoms with Gasteiger partial charge in [-0.2, -0.15) is 0 Å². The summed E-state index contributed by atoms with van der Waals surface area (Å²) in [5, 5.41) is 2.89. The number of nitrogens with one attached hydrogen (secondary N) is 1. The van der Waals surface area contributed by atoms with Crippen LogP contribution in [0, 0.1) is 0 Å². The van der Waals surface area contributed by atoms with Gasteiger partial charge >= 0.3 is 0 Å². The second kappa shape index (κ2) is 10.0. The molecular weight excluding hydrogens is 394 g/mol. The van der Waals surface area contributed by atoms with Crippen molar-refractivity contribution in [2.75, 3.05) is 13.1 Å². The minimum absolute atomic E-state index is 0. The van der Waals surface area contributed by atoms with Gasteiger partial charge in [0.05, 0.1) is 12.5 Å². The summed E-state index contributed by atoms with van der Waals surface area (Å²) in [7, 11) is 0. The molecule has 1 fully saturated rings. The van der Waals surface area contributed by atoms with E-state index < -0.39 is 0 Å². The number of nitrogens with two attached hydrogens (primary N) is 1. The third-order valence-corrected chi connectivity index (χ3v) is 4.78. The number of benzene rings is 1. The molecule has 0 radical (unpaired) electrons. The summed E-state index contributed by atoms with van der Waals surface area (Å²) < 4.78 is 0.966. The predicted octanol–water partition coefficient (Wildman–Crippen LogP) is 2.78. The van der Waals surface area contributed by atoms with E-state index in [1.807, 2.05) is 29.2 Å². The lowest BCUT2D eigenvalue weighted by Gasteiger charge is -2.36. The standard InChI is InChI=1S/C17H24BrN3O2.ClH/c1-12(22)20-16(13-5-7-14(18)8-6-13)10-17(23)21-9-3-2-4-15(21)11-19;/h5-8,15-16H,2-4,9-11,19H2,1H3,(H,20,22);1H. The van der Waals surface area contributed by atoms with Gasteiger partial charge in [0.25, 0.3) is 0 Å². The Morgan fingerprint density at radius 2 is 2.00 bits per heavy atom. The largest absolute Gasteiger partial charge is 0.349 e. The van der Waals surface area contributed by atoms with Crippen molar-refractivity contribution in [2.45, 2.75) is 44.7 Å². The van der Waals surface area contributed by atoms with Gasteiger partial charge in [-0.15, -0.1) is 12.4 Å². The lowest BCUT2D eigenvalue weighted by molar-refractivity contribution is -0.135. The molecule has 1 aliphatic rings. The molecular formula is C17H25BrClN3O2. The number of piperidine rings is 1. The van der Waals surface area contributed by atoms with Crippen molar-refractivity contribution in [3.05, 3.63) is 34.3 Å². The van der Waals surface area contributed by atoms with Crippen LogP contribution in [0.25, 0.3) is 0 Å². The Balaban J connectivity index is 0.00000288. The van der Waals surface area contributed by atoms with Gasteiger partial charge in [-0.05, 0) is 37.0 Å². The van der Waals surface area contributed by atoms with Crippen LogP contribution < -0.4 is 11.1 Å². The molecule has 2 unspecified atom stereocenters. The van der Waals surface area contributed by atoms with Crippen molar-refractivity contribution in [1.29, 1.82) is 0 Å². The lowest BCUT2D eigenvalue weighted by Crippen LogP contribution is -2.48. The summed E-state index contributed by atoms with van der Waals surface area (Å²) >= 11 is 3.40. The molecule has 0 spiro atoms. The highest BCUT2D eigenvalue weighted by molar-refractivity contribution is 9.10. The van der Waals surface area contributed by atoms with E-state index >= 15 is 0 Å². The summed E-state index contributed by atoms with van der Waals surface area (Å²) in [6.45, 7) is 2.72. The molecule has 1 heterocycles. The van der Waals surface area contributed by atoms with E-state index in [9.17, 15) is 9.59 Å². The Morgan fingerprint density at radius 1 is 1.33 bits per heavy atom. The molecule has 24 heavy (non-hydrogen) atoms. The van der Waals surface area contributed by atoms with Crippen LogP contribution in [-0.4, -0.2) is 35.8 Å². The maximum Gasteiger partial charge on any atom is 0.225 e. The number of carbonyl (C=O) groups excluding carboxylic acids is 2. The van der Waals surface area contributed by atoms with Crippen LogP contribution in [-0.2, 0) is 9.59 Å². The van der Waals surface area contributed by atoms with Gasteiger partial charge < -0.3 is 16.0 Å². The zero-order chi connectivity index (χ0) is 16.8. The van der Waals surface area contributed by atoms with Crippen molar-refractivity contribution in [2.24, 2.45) is 5.73 Å². The van der Waals surface area contributed by atoms with E-state index in [1.54, 1.807) is 0 Å². The van der Waals surface area contributed by atoms with Gasteiger partial charge in [0.2, 0.25) is 11.8 Å². The number of rotatable bonds is 5. The highest BCUT2D eigenvalue weighted by Gasteiger charge is 2.28. The second-order valence-electron chi connectivity index (χ2n) is 5.98. The average molecular weight is 419 g/mol. The summed E-state index contributed by atoms with van der Waals surface area (Å²) in [5.41, 5.74) is 6.73. The van der Waals surface area contributed by atoms with E-state index in [2.05, 4.69) is 21.2 Å². The maximum atomic E-state index is 12.7. The fourth-order valence-corrected chi connectivity index (χ4v) is 3.32. The Labute approximate surface area is 157 Å². The van der Waals surface area contributed by atoms with Crippen molar-refractivity contribution in [1.82, 2.24) is 10.2 Å². The first-order valence-corrected chi connectivity index (χ1v) is 8.82. The van der Waals surface area contributed by atoms with Gasteiger partial charge in [-0.3, -0.25) is 9.59 Å². The number of likely N-dealkylation sites (tertiary alicyclic amines) is 1. The van der Waals surface area contributed by atoms with Crippen molar-refractivity contribution < 1.29 is 9.59 Å². The van der Waals surface area contributed by atoms with Crippen LogP contribution in [0.3, 0.4) is 0 Å². The molecule has 7 heteroatoms. The molecule has 1 saturated heterocycles. The number of halogens is 2. The first-order chi connectivity index (χ1) is 11.0. The molecule has 1 aromatic rings. The molecule has 0 aliphatic carbocycles. The van der Waals surface area contributed by atoms with Crippen LogP contribution in [0.4, 0.5) is 0 Å². The number of amides is 2. The summed E-state index contributed by atoms with van der Waals surface area (Å²) in [6, 6.07) is 7.49. The molecule has 3 N–H and O–H groups in total. The van der Waals surface area contributed by atoms with Crippen LogP contribution in [0.15, 0.2) is 28.7 Å². The molecule has 0 saturated carbocycles. The third kappa shape index (κ3) is 5.76. The van der Waals surface area contributed by atoms with Crippen molar-refractivity contribution in [3.63, 3.8) is 0 Å². The van der Waals surface area contributed by atoms with Crippen LogP contribution >= 0.6 is 28.3 Å². The maximum absolute atomic E-state index is 12.7. The minimum Gasteiger partial charge on any atom is -0.349 e. The zero-order valence-electron chi connectivity index (χ0n) is 13.8. The average Bonchev–Trinajstić information content (AvgIpc) is 2.54. The van der Waals surface area contributed by atoms with Crippen LogP contribution in [0.1, 0.15) is 44.2 Å². The summed E-state index contributed by atoms with van der Waals surface area (Å²) in [6.07, 6.45) is 3.36. The normalized spacial score (nSPS) is 18.5. The van der Waals surface area contributed by atoms with Crippen LogP contribution in [0.5, 0.6) is 0 Å². The molecule has 1 aromatic carbocycles. The van der Waals surface area contributed by atoms with Gasteiger partial charge in [-0.1, -0.05) is 28.1 Å². The highest BCUT2D eigenvalue weighted by Crippen LogP contribution is 2.23. The second-order valence-corrected chi connectivity index (χ2v) is 6.90. The summed E-state index contributed by atoms with van der Waals surface area (Å²) in [5.74, 6) is -0.0819. The van der Waals surface area contributed by atoms with Crippen molar-refractivity contribution >= 4 is 40.2 Å². The Bertz CT molecular complexity index is 553. The Hall–Kier alpha value is -1.11. The molecule has 2 rings (SSSR count). The van der Waals surface area contributed by atoms with E-state index in [0.717, 1.165) is 35.8 Å². The summed E-state index contributed by atoms with van der Waals surface area (Å²) in [4.78, 5) is 26.1. The molecule has 1 aliphatic heterocycles. The molecule has 2 atom stereocenters. The number of hydrogen-bond donors (Lipinski definition) is 2. The van der Waals surface area contributed by atoms with Gasteiger partial charge in [0.15, 0.2) is 0 Å². The predicted molar refractivity (Wildman–Crippen MR) is 101 cm³/mol. The molecule has 2 amide bonds.